The topological polar surface area (TPSA) is 96.7 Å². The van der Waals surface area contributed by atoms with Gasteiger partial charge in [0.1, 0.15) is 5.84 Å². The first kappa shape index (κ1) is 15.0. The van der Waals surface area contributed by atoms with E-state index < -0.39 is 0 Å². The van der Waals surface area contributed by atoms with Crippen molar-refractivity contribution in [1.82, 2.24) is 14.7 Å². The van der Waals surface area contributed by atoms with Crippen LogP contribution in [0.5, 0.6) is 0 Å². The van der Waals surface area contributed by atoms with Gasteiger partial charge in [0, 0.05) is 32.3 Å². The fourth-order valence-electron chi connectivity index (χ4n) is 1.84. The Kier molecular flexibility index (Phi) is 4.91. The number of hydrogen-bond acceptors (Lipinski definition) is 4. The number of aromatic nitrogens is 2. The van der Waals surface area contributed by atoms with Gasteiger partial charge in [-0.05, 0) is 20.8 Å². The zero-order valence-corrected chi connectivity index (χ0v) is 11.8. The Morgan fingerprint density at radius 3 is 2.68 bits per heavy atom. The fraction of sp³-hybridized carbons (Fsp3) is 0.583. The minimum absolute atomic E-state index is 0.0265. The maximum absolute atomic E-state index is 12.5. The molecule has 0 radical (unpaired) electrons. The van der Waals surface area contributed by atoms with Crippen LogP contribution >= 0.6 is 0 Å². The molecule has 7 nitrogen and oxygen atoms in total. The predicted octanol–water partition coefficient (Wildman–Crippen LogP) is 0.716. The van der Waals surface area contributed by atoms with Crippen molar-refractivity contribution in [1.29, 1.82) is 0 Å². The van der Waals surface area contributed by atoms with Crippen LogP contribution < -0.4 is 5.73 Å². The zero-order chi connectivity index (χ0) is 14.6. The number of nitrogens with two attached hydrogens (primary N) is 1. The number of amides is 1. The summed E-state index contributed by atoms with van der Waals surface area (Å²) in [5.74, 6) is 0.0210. The van der Waals surface area contributed by atoms with E-state index in [1.165, 1.54) is 0 Å². The van der Waals surface area contributed by atoms with Crippen LogP contribution in [0.25, 0.3) is 0 Å². The zero-order valence-electron chi connectivity index (χ0n) is 11.8. The Hall–Kier alpha value is -2.05. The number of carbonyl (C=O) groups is 1. The third-order valence-corrected chi connectivity index (χ3v) is 2.87. The van der Waals surface area contributed by atoms with Crippen molar-refractivity contribution in [2.24, 2.45) is 17.9 Å². The van der Waals surface area contributed by atoms with Crippen molar-refractivity contribution in [3.8, 4) is 0 Å². The second kappa shape index (κ2) is 6.21. The summed E-state index contributed by atoms with van der Waals surface area (Å²) in [7, 11) is 1.78. The summed E-state index contributed by atoms with van der Waals surface area (Å²) in [4.78, 5) is 14.1. The van der Waals surface area contributed by atoms with E-state index in [-0.39, 0.29) is 17.8 Å². The fourth-order valence-corrected chi connectivity index (χ4v) is 1.84. The minimum Gasteiger partial charge on any atom is -0.409 e. The van der Waals surface area contributed by atoms with Crippen LogP contribution in [0.15, 0.2) is 11.4 Å². The van der Waals surface area contributed by atoms with E-state index >= 15 is 0 Å². The number of amidine groups is 1. The second-order valence-corrected chi connectivity index (χ2v) is 4.74. The maximum Gasteiger partial charge on any atom is 0.257 e. The van der Waals surface area contributed by atoms with Gasteiger partial charge >= 0.3 is 0 Å². The molecule has 0 aliphatic heterocycles. The van der Waals surface area contributed by atoms with Crippen molar-refractivity contribution in [2.75, 3.05) is 6.54 Å². The summed E-state index contributed by atoms with van der Waals surface area (Å²) in [5, 5.41) is 15.6. The van der Waals surface area contributed by atoms with Gasteiger partial charge in [-0.1, -0.05) is 5.16 Å². The van der Waals surface area contributed by atoms with Crippen LogP contribution in [0.1, 0.15) is 36.3 Å². The Bertz CT molecular complexity index is 478. The number of oxime groups is 1. The third-order valence-electron chi connectivity index (χ3n) is 2.87. The van der Waals surface area contributed by atoms with Crippen LogP contribution in [0.4, 0.5) is 0 Å². The van der Waals surface area contributed by atoms with Crippen molar-refractivity contribution in [3.05, 3.63) is 17.5 Å². The molecule has 0 unspecified atom stereocenters. The van der Waals surface area contributed by atoms with Gasteiger partial charge in [0.25, 0.3) is 5.91 Å². The number of rotatable bonds is 5. The number of nitrogens with zero attached hydrogens (tertiary/aromatic N) is 4. The molecule has 0 aromatic carbocycles. The standard InChI is InChI=1S/C12H21N5O2/c1-8(2)17(6-5-11(13)15-19)12(18)10-7-16(4)14-9(10)3/h7-8,19H,5-6H2,1-4H3,(H2,13,15). The third kappa shape index (κ3) is 3.70. The first-order valence-corrected chi connectivity index (χ1v) is 6.14. The molecule has 1 heterocycles. The van der Waals surface area contributed by atoms with E-state index in [0.717, 1.165) is 0 Å². The Morgan fingerprint density at radius 2 is 2.26 bits per heavy atom. The highest BCUT2D eigenvalue weighted by molar-refractivity contribution is 5.95. The molecule has 0 saturated carbocycles. The van der Waals surface area contributed by atoms with Crippen molar-refractivity contribution in [2.45, 2.75) is 33.2 Å². The first-order chi connectivity index (χ1) is 8.86. The van der Waals surface area contributed by atoms with Crippen LogP contribution in [0.3, 0.4) is 0 Å². The SMILES string of the molecule is Cc1nn(C)cc1C(=O)N(CCC(N)=NO)C(C)C. The first-order valence-electron chi connectivity index (χ1n) is 6.14. The highest BCUT2D eigenvalue weighted by Gasteiger charge is 2.22. The molecular weight excluding hydrogens is 246 g/mol. The average Bonchev–Trinajstić information content (AvgIpc) is 2.67. The molecule has 0 spiro atoms. The lowest BCUT2D eigenvalue weighted by atomic mass is 10.2. The van der Waals surface area contributed by atoms with E-state index in [4.69, 9.17) is 10.9 Å². The minimum atomic E-state index is -0.0914. The lowest BCUT2D eigenvalue weighted by Gasteiger charge is -2.26. The summed E-state index contributed by atoms with van der Waals surface area (Å²) < 4.78 is 1.62. The van der Waals surface area contributed by atoms with Gasteiger partial charge in [-0.2, -0.15) is 5.10 Å². The highest BCUT2D eigenvalue weighted by Crippen LogP contribution is 2.12. The number of aryl methyl sites for hydroxylation is 2. The average molecular weight is 267 g/mol. The Balaban J connectivity index is 2.87. The van der Waals surface area contributed by atoms with Crippen LogP contribution in [0.2, 0.25) is 0 Å². The number of carbonyl (C=O) groups excluding carboxylic acids is 1. The lowest BCUT2D eigenvalue weighted by Crippen LogP contribution is -2.39. The molecular formula is C12H21N5O2. The molecule has 106 valence electrons. The van der Waals surface area contributed by atoms with Crippen molar-refractivity contribution >= 4 is 11.7 Å². The van der Waals surface area contributed by atoms with E-state index in [0.29, 0.717) is 24.2 Å². The monoisotopic (exact) mass is 267 g/mol. The van der Waals surface area contributed by atoms with Gasteiger partial charge in [-0.15, -0.1) is 0 Å². The molecule has 19 heavy (non-hydrogen) atoms. The summed E-state index contributed by atoms with van der Waals surface area (Å²) in [6.45, 7) is 6.06. The van der Waals surface area contributed by atoms with E-state index in [2.05, 4.69) is 10.3 Å². The summed E-state index contributed by atoms with van der Waals surface area (Å²) in [6.07, 6.45) is 2.04. The Labute approximate surface area is 112 Å². The molecule has 1 aromatic heterocycles. The Morgan fingerprint density at radius 1 is 1.63 bits per heavy atom. The summed E-state index contributed by atoms with van der Waals surface area (Å²) >= 11 is 0. The van der Waals surface area contributed by atoms with Crippen molar-refractivity contribution in [3.63, 3.8) is 0 Å². The van der Waals surface area contributed by atoms with Crippen LogP contribution in [-0.2, 0) is 7.05 Å². The molecule has 3 N–H and O–H groups in total. The largest absolute Gasteiger partial charge is 0.409 e. The molecule has 0 aliphatic rings. The molecule has 7 heteroatoms. The van der Waals surface area contributed by atoms with Gasteiger partial charge in [-0.25, -0.2) is 0 Å². The van der Waals surface area contributed by atoms with Gasteiger partial charge in [0.15, 0.2) is 0 Å². The lowest BCUT2D eigenvalue weighted by molar-refractivity contribution is 0.0710. The van der Waals surface area contributed by atoms with Gasteiger partial charge in [-0.3, -0.25) is 9.48 Å². The van der Waals surface area contributed by atoms with Crippen LogP contribution in [-0.4, -0.2) is 44.2 Å². The molecule has 1 aromatic rings. The van der Waals surface area contributed by atoms with E-state index in [1.54, 1.807) is 29.7 Å². The second-order valence-electron chi connectivity index (χ2n) is 4.74. The van der Waals surface area contributed by atoms with Gasteiger partial charge in [0.2, 0.25) is 0 Å². The van der Waals surface area contributed by atoms with Gasteiger partial charge < -0.3 is 15.8 Å². The summed E-state index contributed by atoms with van der Waals surface area (Å²) in [5.41, 5.74) is 6.72. The summed E-state index contributed by atoms with van der Waals surface area (Å²) in [6, 6.07) is 0.0265. The van der Waals surface area contributed by atoms with E-state index in [9.17, 15) is 4.79 Å². The molecule has 0 bridgehead atoms. The van der Waals surface area contributed by atoms with Crippen molar-refractivity contribution < 1.29 is 10.0 Å². The van der Waals surface area contributed by atoms with Gasteiger partial charge in [0.05, 0.1) is 11.3 Å². The molecule has 0 fully saturated rings. The maximum atomic E-state index is 12.5. The molecule has 0 saturated heterocycles. The molecule has 0 aliphatic carbocycles. The highest BCUT2D eigenvalue weighted by atomic mass is 16.4. The molecule has 0 atom stereocenters. The van der Waals surface area contributed by atoms with E-state index in [1.807, 2.05) is 13.8 Å². The molecule has 1 rings (SSSR count). The predicted molar refractivity (Wildman–Crippen MR) is 72.1 cm³/mol. The normalized spacial score (nSPS) is 11.9. The van der Waals surface area contributed by atoms with Crippen LogP contribution in [0, 0.1) is 6.92 Å². The quantitative estimate of drug-likeness (QED) is 0.355. The molecule has 1 amide bonds. The smallest absolute Gasteiger partial charge is 0.257 e. The number of hydrogen-bond donors (Lipinski definition) is 2.